The number of fused-ring (bicyclic) bond motifs is 1. The molecule has 4 rings (SSSR count). The van der Waals surface area contributed by atoms with Crippen LogP contribution in [0, 0.1) is 0 Å². The number of rotatable bonds is 4. The molecule has 1 amide bonds. The Kier molecular flexibility index (Phi) is 4.63. The number of aromatic nitrogens is 1. The van der Waals surface area contributed by atoms with Crippen molar-refractivity contribution in [1.29, 1.82) is 0 Å². The van der Waals surface area contributed by atoms with Crippen LogP contribution in [-0.2, 0) is 6.42 Å². The molecule has 1 aromatic heterocycles. The third kappa shape index (κ3) is 3.19. The van der Waals surface area contributed by atoms with E-state index >= 15 is 0 Å². The summed E-state index contributed by atoms with van der Waals surface area (Å²) in [5.41, 5.74) is 4.86. The van der Waals surface area contributed by atoms with Crippen molar-refractivity contribution in [2.75, 3.05) is 16.3 Å². The Morgan fingerprint density at radius 2 is 1.81 bits per heavy atom. The van der Waals surface area contributed by atoms with Gasteiger partial charge in [0.2, 0.25) is 0 Å². The summed E-state index contributed by atoms with van der Waals surface area (Å²) in [5, 5.41) is 0. The van der Waals surface area contributed by atoms with Gasteiger partial charge in [-0.1, -0.05) is 36.4 Å². The highest BCUT2D eigenvalue weighted by Crippen LogP contribution is 2.33. The van der Waals surface area contributed by atoms with E-state index in [2.05, 4.69) is 41.9 Å². The van der Waals surface area contributed by atoms with Crippen molar-refractivity contribution in [1.82, 2.24) is 4.98 Å². The molecule has 0 spiro atoms. The third-order valence-electron chi connectivity index (χ3n) is 5.09. The molecular weight excluding hydrogens is 334 g/mol. The van der Waals surface area contributed by atoms with Gasteiger partial charge in [-0.3, -0.25) is 9.78 Å². The molecule has 3 aromatic rings. The largest absolute Gasteiger partial charge is 0.340 e. The molecule has 1 atom stereocenters. The van der Waals surface area contributed by atoms with Crippen molar-refractivity contribution in [3.63, 3.8) is 0 Å². The van der Waals surface area contributed by atoms with Gasteiger partial charge in [-0.15, -0.1) is 0 Å². The normalized spacial score (nSPS) is 15.5. The van der Waals surface area contributed by atoms with Crippen molar-refractivity contribution in [2.24, 2.45) is 0 Å². The van der Waals surface area contributed by atoms with Gasteiger partial charge in [0, 0.05) is 30.2 Å². The molecule has 0 N–H and O–H groups in total. The van der Waals surface area contributed by atoms with Crippen molar-refractivity contribution in [3.8, 4) is 0 Å². The molecule has 27 heavy (non-hydrogen) atoms. The summed E-state index contributed by atoms with van der Waals surface area (Å²) in [6.45, 7) is 4.99. The second kappa shape index (κ2) is 7.23. The van der Waals surface area contributed by atoms with Crippen molar-refractivity contribution in [3.05, 3.63) is 84.2 Å². The Hall–Kier alpha value is -3.14. The van der Waals surface area contributed by atoms with Gasteiger partial charge in [-0.2, -0.15) is 0 Å². The lowest BCUT2D eigenvalue weighted by atomic mass is 10.1. The molecular formula is C23H23N3O. The van der Waals surface area contributed by atoms with Crippen molar-refractivity contribution >= 4 is 23.0 Å². The maximum Gasteiger partial charge on any atom is 0.260 e. The lowest BCUT2D eigenvalue weighted by Gasteiger charge is -2.25. The monoisotopic (exact) mass is 357 g/mol. The standard InChI is InChI=1S/C23H23N3O/c1-3-25(20-10-5-4-6-11-20)21-14-19(15-24-16-21)23(27)26-17(2)13-18-9-7-8-12-22(18)26/h4-12,14-17H,3,13H2,1-2H3. The Morgan fingerprint density at radius 1 is 1.07 bits per heavy atom. The van der Waals surface area contributed by atoms with E-state index in [1.165, 1.54) is 5.56 Å². The fourth-order valence-corrected chi connectivity index (χ4v) is 3.83. The lowest BCUT2D eigenvalue weighted by molar-refractivity contribution is 0.0981. The number of pyridine rings is 1. The fraction of sp³-hybridized carbons (Fsp3) is 0.217. The fourth-order valence-electron chi connectivity index (χ4n) is 3.83. The number of anilines is 3. The van der Waals surface area contributed by atoms with Gasteiger partial charge in [-0.25, -0.2) is 0 Å². The molecule has 0 bridgehead atoms. The summed E-state index contributed by atoms with van der Waals surface area (Å²) in [4.78, 5) is 21.7. The van der Waals surface area contributed by atoms with Crippen LogP contribution in [0.25, 0.3) is 0 Å². The summed E-state index contributed by atoms with van der Waals surface area (Å²) in [6, 6.07) is 20.4. The van der Waals surface area contributed by atoms with Crippen molar-refractivity contribution < 1.29 is 4.79 Å². The summed E-state index contributed by atoms with van der Waals surface area (Å²) in [6.07, 6.45) is 4.37. The number of nitrogens with zero attached hydrogens (tertiary/aromatic N) is 3. The minimum atomic E-state index is 0.00548. The van der Waals surface area contributed by atoms with Crippen LogP contribution >= 0.6 is 0 Å². The van der Waals surface area contributed by atoms with Crippen LogP contribution in [0.1, 0.15) is 29.8 Å². The zero-order chi connectivity index (χ0) is 18.8. The zero-order valence-corrected chi connectivity index (χ0v) is 15.7. The molecule has 0 radical (unpaired) electrons. The molecule has 4 nitrogen and oxygen atoms in total. The number of benzene rings is 2. The van der Waals surface area contributed by atoms with E-state index < -0.39 is 0 Å². The quantitative estimate of drug-likeness (QED) is 0.671. The zero-order valence-electron chi connectivity index (χ0n) is 15.7. The predicted octanol–water partition coefficient (Wildman–Crippen LogP) is 4.83. The second-order valence-corrected chi connectivity index (χ2v) is 6.87. The summed E-state index contributed by atoms with van der Waals surface area (Å²) < 4.78 is 0. The summed E-state index contributed by atoms with van der Waals surface area (Å²) in [7, 11) is 0. The molecule has 1 aliphatic heterocycles. The van der Waals surface area contributed by atoms with Gasteiger partial charge in [-0.05, 0) is 50.1 Å². The maximum absolute atomic E-state index is 13.3. The number of carbonyl (C=O) groups is 1. The highest BCUT2D eigenvalue weighted by Gasteiger charge is 2.31. The number of para-hydroxylation sites is 2. The SMILES string of the molecule is CCN(c1ccccc1)c1cncc(C(=O)N2c3ccccc3CC2C)c1. The molecule has 136 valence electrons. The van der Waals surface area contributed by atoms with Gasteiger partial charge in [0.15, 0.2) is 0 Å². The third-order valence-corrected chi connectivity index (χ3v) is 5.09. The van der Waals surface area contributed by atoms with E-state index in [4.69, 9.17) is 0 Å². The van der Waals surface area contributed by atoms with Crippen LogP contribution in [0.2, 0.25) is 0 Å². The first kappa shape index (κ1) is 17.3. The Bertz CT molecular complexity index is 955. The first-order valence-corrected chi connectivity index (χ1v) is 9.38. The molecule has 0 fully saturated rings. The summed E-state index contributed by atoms with van der Waals surface area (Å²) >= 11 is 0. The first-order valence-electron chi connectivity index (χ1n) is 9.38. The Balaban J connectivity index is 1.68. The lowest BCUT2D eigenvalue weighted by Crippen LogP contribution is -2.35. The number of carbonyl (C=O) groups excluding carboxylic acids is 1. The van der Waals surface area contributed by atoms with E-state index in [0.717, 1.165) is 30.0 Å². The average Bonchev–Trinajstić information content (AvgIpc) is 3.05. The molecule has 0 saturated heterocycles. The number of amides is 1. The highest BCUT2D eigenvalue weighted by molar-refractivity contribution is 6.08. The van der Waals surface area contributed by atoms with Gasteiger partial charge in [0.25, 0.3) is 5.91 Å². The highest BCUT2D eigenvalue weighted by atomic mass is 16.2. The maximum atomic E-state index is 13.3. The first-order chi connectivity index (χ1) is 13.2. The van der Waals surface area contributed by atoms with E-state index in [0.29, 0.717) is 5.56 Å². The van der Waals surface area contributed by atoms with Crippen LogP contribution in [0.5, 0.6) is 0 Å². The summed E-state index contributed by atoms with van der Waals surface area (Å²) in [5.74, 6) is 0.00548. The topological polar surface area (TPSA) is 36.4 Å². The van der Waals surface area contributed by atoms with E-state index in [-0.39, 0.29) is 11.9 Å². The minimum Gasteiger partial charge on any atom is -0.340 e. The molecule has 2 heterocycles. The van der Waals surface area contributed by atoms with E-state index in [1.54, 1.807) is 6.20 Å². The van der Waals surface area contributed by atoms with Gasteiger partial charge >= 0.3 is 0 Å². The molecule has 0 aliphatic carbocycles. The van der Waals surface area contributed by atoms with Gasteiger partial charge in [0.1, 0.15) is 0 Å². The average molecular weight is 357 g/mol. The molecule has 1 aliphatic rings. The van der Waals surface area contributed by atoms with Gasteiger partial charge < -0.3 is 9.80 Å². The van der Waals surface area contributed by atoms with Crippen LogP contribution in [0.4, 0.5) is 17.1 Å². The Labute approximate surface area is 160 Å². The van der Waals surface area contributed by atoms with Crippen LogP contribution in [0.3, 0.4) is 0 Å². The molecule has 2 aromatic carbocycles. The van der Waals surface area contributed by atoms with Gasteiger partial charge in [0.05, 0.1) is 17.4 Å². The van der Waals surface area contributed by atoms with E-state index in [9.17, 15) is 4.79 Å². The molecule has 4 heteroatoms. The molecule has 0 saturated carbocycles. The minimum absolute atomic E-state index is 0.00548. The number of hydrogen-bond acceptors (Lipinski definition) is 3. The van der Waals surface area contributed by atoms with Crippen LogP contribution < -0.4 is 9.80 Å². The number of hydrogen-bond donors (Lipinski definition) is 0. The van der Waals surface area contributed by atoms with Crippen molar-refractivity contribution in [2.45, 2.75) is 26.3 Å². The van der Waals surface area contributed by atoms with Crippen LogP contribution in [-0.4, -0.2) is 23.5 Å². The second-order valence-electron chi connectivity index (χ2n) is 6.87. The van der Waals surface area contributed by atoms with Crippen LogP contribution in [0.15, 0.2) is 73.1 Å². The molecule has 1 unspecified atom stereocenters. The smallest absolute Gasteiger partial charge is 0.260 e. The Morgan fingerprint density at radius 3 is 2.59 bits per heavy atom. The predicted molar refractivity (Wildman–Crippen MR) is 110 cm³/mol. The van der Waals surface area contributed by atoms with E-state index in [1.807, 2.05) is 53.6 Å².